The van der Waals surface area contributed by atoms with Crippen LogP contribution in [0, 0.1) is 18.7 Å². The fraction of sp³-hybridized carbons (Fsp3) is 0.500. The Morgan fingerprint density at radius 1 is 1.35 bits per heavy atom. The summed E-state index contributed by atoms with van der Waals surface area (Å²) < 4.78 is 14.2. The Morgan fingerprint density at radius 3 is 2.87 bits per heavy atom. The maximum Gasteiger partial charge on any atom is 0.317 e. The molecule has 6 nitrogen and oxygen atoms in total. The van der Waals surface area contributed by atoms with Crippen LogP contribution in [0.5, 0.6) is 0 Å². The van der Waals surface area contributed by atoms with E-state index in [-0.39, 0.29) is 30.4 Å². The van der Waals surface area contributed by atoms with Crippen LogP contribution in [0.15, 0.2) is 23.8 Å². The third-order valence-electron chi connectivity index (χ3n) is 5.91. The number of aromatic nitrogens is 1. The first-order valence-corrected chi connectivity index (χ1v) is 11.8. The zero-order valence-electron chi connectivity index (χ0n) is 17.4. The lowest BCUT2D eigenvalue weighted by Crippen LogP contribution is -2.48. The molecule has 1 saturated heterocycles. The van der Waals surface area contributed by atoms with Gasteiger partial charge in [0.2, 0.25) is 0 Å². The molecule has 3 amide bonds. The molecule has 2 heterocycles. The van der Waals surface area contributed by atoms with E-state index < -0.39 is 5.82 Å². The molecule has 2 fully saturated rings. The number of halogens is 2. The molecule has 0 bridgehead atoms. The number of nitrogens with zero attached hydrogens (tertiary/aromatic N) is 3. The number of carbonyl (C=O) groups excluding carboxylic acids is 2. The Labute approximate surface area is 190 Å². The molecule has 2 aliphatic rings. The van der Waals surface area contributed by atoms with Crippen molar-refractivity contribution >= 4 is 34.9 Å². The lowest BCUT2D eigenvalue weighted by molar-refractivity contribution is 0.0654. The summed E-state index contributed by atoms with van der Waals surface area (Å²) in [6, 6.07) is 3.00. The van der Waals surface area contributed by atoms with Crippen LogP contribution in [0.4, 0.5) is 9.18 Å². The molecule has 1 aromatic heterocycles. The van der Waals surface area contributed by atoms with Gasteiger partial charge in [-0.05, 0) is 56.2 Å². The Kier molecular flexibility index (Phi) is 6.77. The monoisotopic (exact) mass is 464 g/mol. The SMILES string of the molecule is Cc1cc(CNC(=O)N(C[C@@H]2CCCN(C(=O)c3cncs3)C2)C2CC2)c(F)cc1Cl. The molecule has 0 radical (unpaired) electrons. The van der Waals surface area contributed by atoms with E-state index in [1.807, 2.05) is 16.7 Å². The molecule has 1 aliphatic carbocycles. The van der Waals surface area contributed by atoms with Gasteiger partial charge in [0.05, 0.1) is 11.7 Å². The Balaban J connectivity index is 1.36. The van der Waals surface area contributed by atoms with E-state index in [9.17, 15) is 14.0 Å². The van der Waals surface area contributed by atoms with E-state index in [1.165, 1.54) is 17.4 Å². The van der Waals surface area contributed by atoms with Crippen LogP contribution in [0.2, 0.25) is 5.02 Å². The van der Waals surface area contributed by atoms with E-state index in [2.05, 4.69) is 10.3 Å². The van der Waals surface area contributed by atoms with E-state index in [0.29, 0.717) is 28.6 Å². The number of hydrogen-bond donors (Lipinski definition) is 1. The zero-order chi connectivity index (χ0) is 22.0. The van der Waals surface area contributed by atoms with Crippen molar-refractivity contribution in [2.75, 3.05) is 19.6 Å². The highest BCUT2D eigenvalue weighted by Crippen LogP contribution is 2.30. The fourth-order valence-corrected chi connectivity index (χ4v) is 4.80. The summed E-state index contributed by atoms with van der Waals surface area (Å²) in [5, 5.41) is 3.25. The van der Waals surface area contributed by atoms with Gasteiger partial charge in [0, 0.05) is 42.8 Å². The van der Waals surface area contributed by atoms with Crippen LogP contribution in [0.25, 0.3) is 0 Å². The number of urea groups is 1. The number of amides is 3. The number of nitrogens with one attached hydrogen (secondary N) is 1. The predicted molar refractivity (Wildman–Crippen MR) is 119 cm³/mol. The molecule has 0 spiro atoms. The number of likely N-dealkylation sites (tertiary alicyclic amines) is 1. The average molecular weight is 465 g/mol. The lowest BCUT2D eigenvalue weighted by Gasteiger charge is -2.35. The minimum Gasteiger partial charge on any atom is -0.338 e. The molecule has 0 unspecified atom stereocenters. The van der Waals surface area contributed by atoms with E-state index in [4.69, 9.17) is 11.6 Å². The Morgan fingerprint density at radius 2 is 2.16 bits per heavy atom. The van der Waals surface area contributed by atoms with E-state index in [1.54, 1.807) is 17.8 Å². The maximum absolute atomic E-state index is 14.2. The van der Waals surface area contributed by atoms with Gasteiger partial charge in [0.25, 0.3) is 5.91 Å². The number of thiazole rings is 1. The van der Waals surface area contributed by atoms with Crippen LogP contribution >= 0.6 is 22.9 Å². The summed E-state index contributed by atoms with van der Waals surface area (Å²) in [5.41, 5.74) is 2.86. The molecule has 1 saturated carbocycles. The molecule has 31 heavy (non-hydrogen) atoms. The summed E-state index contributed by atoms with van der Waals surface area (Å²) in [6.45, 7) is 3.90. The number of piperidine rings is 1. The molecule has 1 N–H and O–H groups in total. The van der Waals surface area contributed by atoms with Gasteiger partial charge in [-0.2, -0.15) is 0 Å². The van der Waals surface area contributed by atoms with E-state index in [0.717, 1.165) is 37.8 Å². The van der Waals surface area contributed by atoms with Crippen LogP contribution in [-0.4, -0.2) is 52.4 Å². The number of aryl methyl sites for hydroxylation is 1. The van der Waals surface area contributed by atoms with Gasteiger partial charge in [0.1, 0.15) is 10.7 Å². The summed E-state index contributed by atoms with van der Waals surface area (Å²) in [5.74, 6) is -0.173. The topological polar surface area (TPSA) is 65.5 Å². The zero-order valence-corrected chi connectivity index (χ0v) is 19.0. The number of benzene rings is 1. The summed E-state index contributed by atoms with van der Waals surface area (Å²) >= 11 is 7.31. The molecule has 1 aromatic carbocycles. The molecule has 9 heteroatoms. The second-order valence-corrected chi connectivity index (χ2v) is 9.65. The lowest BCUT2D eigenvalue weighted by atomic mass is 9.97. The van der Waals surface area contributed by atoms with Gasteiger partial charge in [-0.15, -0.1) is 11.3 Å². The first kappa shape index (κ1) is 22.0. The van der Waals surface area contributed by atoms with Crippen molar-refractivity contribution < 1.29 is 14.0 Å². The second kappa shape index (κ2) is 9.53. The van der Waals surface area contributed by atoms with Crippen molar-refractivity contribution in [3.63, 3.8) is 0 Å². The second-order valence-electron chi connectivity index (χ2n) is 8.36. The van der Waals surface area contributed by atoms with Crippen LogP contribution in [0.1, 0.15) is 46.5 Å². The minimum absolute atomic E-state index is 0.0169. The molecule has 166 valence electrons. The van der Waals surface area contributed by atoms with Gasteiger partial charge in [-0.25, -0.2) is 9.18 Å². The number of rotatable bonds is 6. The van der Waals surface area contributed by atoms with Crippen molar-refractivity contribution in [3.8, 4) is 0 Å². The fourth-order valence-electron chi connectivity index (χ4n) is 4.06. The van der Waals surface area contributed by atoms with Gasteiger partial charge < -0.3 is 15.1 Å². The number of hydrogen-bond acceptors (Lipinski definition) is 4. The summed E-state index contributed by atoms with van der Waals surface area (Å²) in [6.07, 6.45) is 5.48. The highest BCUT2D eigenvalue weighted by Gasteiger charge is 2.35. The van der Waals surface area contributed by atoms with Crippen molar-refractivity contribution in [3.05, 3.63) is 50.7 Å². The van der Waals surface area contributed by atoms with Gasteiger partial charge in [-0.3, -0.25) is 9.78 Å². The smallest absolute Gasteiger partial charge is 0.317 e. The van der Waals surface area contributed by atoms with Crippen LogP contribution in [-0.2, 0) is 6.54 Å². The third-order valence-corrected chi connectivity index (χ3v) is 7.08. The highest BCUT2D eigenvalue weighted by molar-refractivity contribution is 7.11. The van der Waals surface area contributed by atoms with Crippen LogP contribution in [0.3, 0.4) is 0 Å². The minimum atomic E-state index is -0.418. The van der Waals surface area contributed by atoms with Crippen molar-refractivity contribution in [2.24, 2.45) is 5.92 Å². The molecular formula is C22H26ClFN4O2S. The largest absolute Gasteiger partial charge is 0.338 e. The molecule has 4 rings (SSSR count). The number of carbonyl (C=O) groups is 2. The van der Waals surface area contributed by atoms with Gasteiger partial charge >= 0.3 is 6.03 Å². The first-order valence-electron chi connectivity index (χ1n) is 10.6. The van der Waals surface area contributed by atoms with Crippen molar-refractivity contribution in [2.45, 2.75) is 45.2 Å². The first-order chi connectivity index (χ1) is 14.9. The molecular weight excluding hydrogens is 439 g/mol. The normalized spacial score (nSPS) is 18.7. The molecule has 1 atom stereocenters. The van der Waals surface area contributed by atoms with Gasteiger partial charge in [0.15, 0.2) is 0 Å². The Hall–Kier alpha value is -2.19. The standard InChI is InChI=1S/C22H26ClFN4O2S/c1-14-7-16(19(24)8-18(14)23)9-26-22(30)28(17-4-5-17)12-15-3-2-6-27(11-15)21(29)20-10-25-13-31-20/h7-8,10,13,15,17H,2-6,9,11-12H2,1H3,(H,26,30)/t15-/m1/s1. The van der Waals surface area contributed by atoms with Crippen LogP contribution < -0.4 is 5.32 Å². The molecule has 1 aliphatic heterocycles. The third kappa shape index (κ3) is 5.36. The molecule has 2 aromatic rings. The quantitative estimate of drug-likeness (QED) is 0.685. The maximum atomic E-state index is 14.2. The Bertz CT molecular complexity index is 951. The highest BCUT2D eigenvalue weighted by atomic mass is 35.5. The predicted octanol–water partition coefficient (Wildman–Crippen LogP) is 4.47. The van der Waals surface area contributed by atoms with E-state index >= 15 is 0 Å². The van der Waals surface area contributed by atoms with Crippen molar-refractivity contribution in [1.29, 1.82) is 0 Å². The average Bonchev–Trinajstić information content (AvgIpc) is 3.45. The summed E-state index contributed by atoms with van der Waals surface area (Å²) in [4.78, 5) is 34.0. The summed E-state index contributed by atoms with van der Waals surface area (Å²) in [7, 11) is 0. The van der Waals surface area contributed by atoms with Crippen molar-refractivity contribution in [1.82, 2.24) is 20.1 Å². The van der Waals surface area contributed by atoms with Gasteiger partial charge in [-0.1, -0.05) is 11.6 Å².